The number of halogens is 2. The lowest BCUT2D eigenvalue weighted by molar-refractivity contribution is -0.878. The molecule has 236 valence electrons. The van der Waals surface area contributed by atoms with Crippen molar-refractivity contribution < 1.29 is 28.0 Å². The third-order valence-corrected chi connectivity index (χ3v) is 9.14. The van der Waals surface area contributed by atoms with Crippen molar-refractivity contribution >= 4 is 11.8 Å². The van der Waals surface area contributed by atoms with E-state index in [0.29, 0.717) is 42.6 Å². The normalized spacial score (nSPS) is 16.0. The first kappa shape index (κ1) is 33.4. The van der Waals surface area contributed by atoms with Crippen LogP contribution in [0.3, 0.4) is 0 Å². The second-order valence-electron chi connectivity index (χ2n) is 12.4. The van der Waals surface area contributed by atoms with E-state index in [1.807, 2.05) is 32.0 Å². The number of amides is 2. The van der Waals surface area contributed by atoms with Crippen molar-refractivity contribution in [2.75, 3.05) is 19.6 Å². The van der Waals surface area contributed by atoms with Crippen molar-refractivity contribution in [3.8, 4) is 0 Å². The minimum Gasteiger partial charge on any atom is -0.386 e. The number of aliphatic hydroxyl groups is 1. The number of rotatable bonds is 14. The Kier molecular flexibility index (Phi) is 11.1. The van der Waals surface area contributed by atoms with Crippen LogP contribution in [0, 0.1) is 18.6 Å². The minimum absolute atomic E-state index is 0.0795. The zero-order valence-electron chi connectivity index (χ0n) is 26.1. The van der Waals surface area contributed by atoms with Crippen LogP contribution in [0.5, 0.6) is 0 Å². The summed E-state index contributed by atoms with van der Waals surface area (Å²) in [5, 5.41) is 15.8. The molecule has 0 radical (unpaired) electrons. The first-order valence-corrected chi connectivity index (χ1v) is 15.8. The van der Waals surface area contributed by atoms with Gasteiger partial charge in [0, 0.05) is 30.1 Å². The van der Waals surface area contributed by atoms with Gasteiger partial charge < -0.3 is 16.2 Å². The molecule has 2 atom stereocenters. The van der Waals surface area contributed by atoms with Crippen LogP contribution in [0.1, 0.15) is 89.8 Å². The number of quaternary nitrogens is 1. The molecule has 1 aliphatic rings. The topological polar surface area (TPSA) is 92.4 Å². The first-order chi connectivity index (χ1) is 21.0. The van der Waals surface area contributed by atoms with E-state index in [2.05, 4.69) is 17.4 Å². The number of primary amides is 1. The highest BCUT2D eigenvalue weighted by Gasteiger charge is 2.48. The number of aryl methyl sites for hydroxylation is 1. The van der Waals surface area contributed by atoms with Crippen LogP contribution in [0.25, 0.3) is 0 Å². The molecule has 8 heteroatoms. The second-order valence-corrected chi connectivity index (χ2v) is 12.4. The van der Waals surface area contributed by atoms with Gasteiger partial charge in [0.15, 0.2) is 0 Å². The Balaban J connectivity index is 1.80. The Morgan fingerprint density at radius 1 is 0.932 bits per heavy atom. The molecular formula is C36H46F2N3O3+. The summed E-state index contributed by atoms with van der Waals surface area (Å²) in [5.41, 5.74) is 8.10. The average Bonchev–Trinajstić information content (AvgIpc) is 3.48. The van der Waals surface area contributed by atoms with Gasteiger partial charge in [0.05, 0.1) is 18.7 Å². The second kappa shape index (κ2) is 14.5. The van der Waals surface area contributed by atoms with Crippen LogP contribution in [0.4, 0.5) is 8.78 Å². The first-order valence-electron chi connectivity index (χ1n) is 15.8. The van der Waals surface area contributed by atoms with Gasteiger partial charge in [-0.2, -0.15) is 0 Å². The standard InChI is InChI=1S/C36H45F2N3O3/c1-4-15-41(16-5-2,35(44)28-18-25(3)17-27(22-28)34(39)43)32(21-26-19-30(37)23-31(38)20-26)33(42)24-40-36(13-9-10-14-36)29-11-7-6-8-12-29/h6-8,11-12,17-20,22-23,32-33,40,42H,4-5,9-10,13-16,21,24H2,1-3H3,(H-,39,43)/p+1/t32-,33+/m0/s1. The van der Waals surface area contributed by atoms with E-state index in [1.54, 1.807) is 19.1 Å². The quantitative estimate of drug-likeness (QED) is 0.191. The molecule has 0 aromatic heterocycles. The average molecular weight is 607 g/mol. The predicted molar refractivity (Wildman–Crippen MR) is 169 cm³/mol. The summed E-state index contributed by atoms with van der Waals surface area (Å²) in [4.78, 5) is 26.9. The molecular weight excluding hydrogens is 560 g/mol. The maximum absolute atomic E-state index is 14.7. The van der Waals surface area contributed by atoms with Crippen molar-refractivity contribution in [2.45, 2.75) is 83.4 Å². The Bertz CT molecular complexity index is 1410. The Labute approximate surface area is 259 Å². The van der Waals surface area contributed by atoms with Gasteiger partial charge in [-0.25, -0.2) is 13.6 Å². The number of carbonyl (C=O) groups excluding carboxylic acids is 2. The molecule has 1 aliphatic carbocycles. The third kappa shape index (κ3) is 7.42. The highest BCUT2D eigenvalue weighted by atomic mass is 19.1. The zero-order valence-corrected chi connectivity index (χ0v) is 26.1. The lowest BCUT2D eigenvalue weighted by Gasteiger charge is -2.45. The molecule has 3 aromatic carbocycles. The van der Waals surface area contributed by atoms with E-state index in [1.165, 1.54) is 18.2 Å². The molecule has 0 heterocycles. The Morgan fingerprint density at radius 2 is 1.52 bits per heavy atom. The van der Waals surface area contributed by atoms with Crippen LogP contribution in [0.2, 0.25) is 0 Å². The number of hydrogen-bond donors (Lipinski definition) is 3. The van der Waals surface area contributed by atoms with E-state index < -0.39 is 29.7 Å². The van der Waals surface area contributed by atoms with E-state index in [0.717, 1.165) is 37.3 Å². The number of aliphatic hydroxyl groups excluding tert-OH is 1. The molecule has 4 rings (SSSR count). The van der Waals surface area contributed by atoms with Gasteiger partial charge in [-0.05, 0) is 79.6 Å². The summed E-state index contributed by atoms with van der Waals surface area (Å²) < 4.78 is 28.7. The molecule has 0 unspecified atom stereocenters. The molecule has 0 bridgehead atoms. The van der Waals surface area contributed by atoms with Crippen LogP contribution < -0.4 is 11.1 Å². The zero-order chi connectivity index (χ0) is 31.9. The number of nitrogens with zero attached hydrogens (tertiary/aromatic N) is 1. The molecule has 1 fully saturated rings. The molecule has 3 aromatic rings. The van der Waals surface area contributed by atoms with Gasteiger partial charge in [-0.1, -0.05) is 57.0 Å². The fraction of sp³-hybridized carbons (Fsp3) is 0.444. The molecule has 4 N–H and O–H groups in total. The summed E-state index contributed by atoms with van der Waals surface area (Å²) in [7, 11) is 0. The molecule has 44 heavy (non-hydrogen) atoms. The maximum Gasteiger partial charge on any atom is 0.346 e. The highest BCUT2D eigenvalue weighted by molar-refractivity contribution is 5.97. The third-order valence-electron chi connectivity index (χ3n) is 9.14. The maximum atomic E-state index is 14.7. The lowest BCUT2D eigenvalue weighted by Crippen LogP contribution is -2.66. The van der Waals surface area contributed by atoms with Gasteiger partial charge in [-0.3, -0.25) is 9.28 Å². The van der Waals surface area contributed by atoms with Gasteiger partial charge >= 0.3 is 5.91 Å². The molecule has 0 spiro atoms. The van der Waals surface area contributed by atoms with Gasteiger partial charge in [0.1, 0.15) is 23.8 Å². The van der Waals surface area contributed by atoms with E-state index >= 15 is 0 Å². The minimum atomic E-state index is -1.04. The van der Waals surface area contributed by atoms with Crippen LogP contribution in [-0.2, 0) is 12.0 Å². The summed E-state index contributed by atoms with van der Waals surface area (Å²) in [5.74, 6) is -2.30. The number of hydrogen-bond acceptors (Lipinski definition) is 4. The van der Waals surface area contributed by atoms with Gasteiger partial charge in [-0.15, -0.1) is 0 Å². The SMILES string of the molecule is CCC[N+](CCC)(C(=O)c1cc(C)cc(C(N)=O)c1)[C@@H](Cc1cc(F)cc(F)c1)[C@H](O)CNC1(c2ccccc2)CCCC1. The van der Waals surface area contributed by atoms with Crippen molar-refractivity contribution in [1.29, 1.82) is 0 Å². The largest absolute Gasteiger partial charge is 0.386 e. The fourth-order valence-corrected chi connectivity index (χ4v) is 7.25. The monoisotopic (exact) mass is 606 g/mol. The van der Waals surface area contributed by atoms with Crippen molar-refractivity contribution in [3.63, 3.8) is 0 Å². The predicted octanol–water partition coefficient (Wildman–Crippen LogP) is 6.18. The van der Waals surface area contributed by atoms with E-state index in [4.69, 9.17) is 5.73 Å². The van der Waals surface area contributed by atoms with Crippen LogP contribution >= 0.6 is 0 Å². The number of benzene rings is 3. The van der Waals surface area contributed by atoms with E-state index in [9.17, 15) is 23.5 Å². The van der Waals surface area contributed by atoms with Crippen LogP contribution in [-0.4, -0.2) is 53.2 Å². The molecule has 1 saturated carbocycles. The Hall–Kier alpha value is -3.46. The van der Waals surface area contributed by atoms with Crippen molar-refractivity contribution in [3.05, 3.63) is 106 Å². The Morgan fingerprint density at radius 3 is 2.09 bits per heavy atom. The van der Waals surface area contributed by atoms with E-state index in [-0.39, 0.29) is 34.5 Å². The number of nitrogens with one attached hydrogen (secondary N) is 1. The number of nitrogens with two attached hydrogens (primary N) is 1. The van der Waals surface area contributed by atoms with Gasteiger partial charge in [0.25, 0.3) is 0 Å². The summed E-state index contributed by atoms with van der Waals surface area (Å²) in [6, 6.07) is 17.7. The molecule has 2 amide bonds. The number of carbonyl (C=O) groups is 2. The molecule has 0 aliphatic heterocycles. The van der Waals surface area contributed by atoms with Crippen molar-refractivity contribution in [2.24, 2.45) is 5.73 Å². The fourth-order valence-electron chi connectivity index (χ4n) is 7.25. The lowest BCUT2D eigenvalue weighted by atomic mass is 9.87. The molecule has 6 nitrogen and oxygen atoms in total. The van der Waals surface area contributed by atoms with Crippen LogP contribution in [0.15, 0.2) is 66.7 Å². The van der Waals surface area contributed by atoms with Gasteiger partial charge in [0.2, 0.25) is 5.91 Å². The smallest absolute Gasteiger partial charge is 0.346 e. The highest BCUT2D eigenvalue weighted by Crippen LogP contribution is 2.39. The summed E-state index contributed by atoms with van der Waals surface area (Å²) in [6.45, 7) is 6.75. The van der Waals surface area contributed by atoms with Crippen molar-refractivity contribution in [1.82, 2.24) is 5.32 Å². The summed E-state index contributed by atoms with van der Waals surface area (Å²) in [6.07, 6.45) is 4.26. The molecule has 0 saturated heterocycles. The summed E-state index contributed by atoms with van der Waals surface area (Å²) >= 11 is 0.